The molecule has 0 aromatic rings. The van der Waals surface area contributed by atoms with Crippen molar-refractivity contribution < 1.29 is 0 Å². The zero-order valence-corrected chi connectivity index (χ0v) is 5.66. The van der Waals surface area contributed by atoms with E-state index in [0.29, 0.717) is 0 Å². The SMILES string of the molecule is C=CCC1CC=CS1. The van der Waals surface area contributed by atoms with Gasteiger partial charge in [0.15, 0.2) is 0 Å². The van der Waals surface area contributed by atoms with Gasteiger partial charge in [0.2, 0.25) is 0 Å². The summed E-state index contributed by atoms with van der Waals surface area (Å²) in [4.78, 5) is 0. The largest absolute Gasteiger partial charge is 0.130 e. The first-order chi connectivity index (χ1) is 3.93. The fourth-order valence-corrected chi connectivity index (χ4v) is 1.68. The molecule has 0 aliphatic carbocycles. The average Bonchev–Trinajstić information content (AvgIpc) is 2.19. The van der Waals surface area contributed by atoms with Crippen molar-refractivity contribution in [3.63, 3.8) is 0 Å². The van der Waals surface area contributed by atoms with E-state index in [9.17, 15) is 0 Å². The molecule has 1 rings (SSSR count). The maximum Gasteiger partial charge on any atom is 0.0157 e. The second kappa shape index (κ2) is 2.98. The molecule has 1 heterocycles. The first-order valence-electron chi connectivity index (χ1n) is 2.85. The lowest BCUT2D eigenvalue weighted by atomic mass is 10.2. The molecule has 0 amide bonds. The molecule has 1 aliphatic heterocycles. The lowest BCUT2D eigenvalue weighted by Crippen LogP contribution is -1.91. The Hall–Kier alpha value is -0.170. The zero-order chi connectivity index (χ0) is 5.82. The van der Waals surface area contributed by atoms with Crippen molar-refractivity contribution in [1.82, 2.24) is 0 Å². The third kappa shape index (κ3) is 1.41. The Kier molecular flexibility index (Phi) is 2.22. The van der Waals surface area contributed by atoms with Gasteiger partial charge in [-0.25, -0.2) is 0 Å². The first kappa shape index (κ1) is 5.96. The lowest BCUT2D eigenvalue weighted by Gasteiger charge is -2.00. The summed E-state index contributed by atoms with van der Waals surface area (Å²) in [6.07, 6.45) is 6.60. The van der Waals surface area contributed by atoms with Gasteiger partial charge in [0.05, 0.1) is 0 Å². The van der Waals surface area contributed by atoms with E-state index in [-0.39, 0.29) is 0 Å². The third-order valence-electron chi connectivity index (χ3n) is 1.20. The van der Waals surface area contributed by atoms with Crippen LogP contribution in [-0.2, 0) is 0 Å². The van der Waals surface area contributed by atoms with Gasteiger partial charge in [-0.3, -0.25) is 0 Å². The zero-order valence-electron chi connectivity index (χ0n) is 4.84. The molecule has 8 heavy (non-hydrogen) atoms. The number of allylic oxidation sites excluding steroid dienone is 2. The van der Waals surface area contributed by atoms with Crippen LogP contribution in [0.5, 0.6) is 0 Å². The van der Waals surface area contributed by atoms with E-state index in [1.807, 2.05) is 17.8 Å². The summed E-state index contributed by atoms with van der Waals surface area (Å²) in [6.45, 7) is 3.68. The summed E-state index contributed by atoms with van der Waals surface area (Å²) in [5.74, 6) is 0. The maximum atomic E-state index is 3.68. The summed E-state index contributed by atoms with van der Waals surface area (Å²) in [6, 6.07) is 0. The van der Waals surface area contributed by atoms with E-state index in [0.717, 1.165) is 11.7 Å². The Bertz CT molecular complexity index is 97.0. The van der Waals surface area contributed by atoms with Gasteiger partial charge in [-0.05, 0) is 18.2 Å². The molecule has 1 unspecified atom stereocenters. The molecule has 0 aromatic heterocycles. The van der Waals surface area contributed by atoms with E-state index in [2.05, 4.69) is 18.1 Å². The standard InChI is InChI=1S/C7H10S/c1-2-4-7-5-3-6-8-7/h2-3,6-7H,1,4-5H2. The van der Waals surface area contributed by atoms with Crippen molar-refractivity contribution in [3.05, 3.63) is 24.1 Å². The van der Waals surface area contributed by atoms with Gasteiger partial charge in [0.25, 0.3) is 0 Å². The second-order valence-corrected chi connectivity index (χ2v) is 3.10. The van der Waals surface area contributed by atoms with Crippen molar-refractivity contribution in [2.45, 2.75) is 18.1 Å². The predicted molar refractivity (Wildman–Crippen MR) is 40.0 cm³/mol. The summed E-state index contributed by atoms with van der Waals surface area (Å²) in [7, 11) is 0. The highest BCUT2D eigenvalue weighted by Gasteiger charge is 2.06. The predicted octanol–water partition coefficient (Wildman–Crippen LogP) is 2.58. The Morgan fingerprint density at radius 2 is 2.75 bits per heavy atom. The minimum Gasteiger partial charge on any atom is -0.130 e. The fraction of sp³-hybridized carbons (Fsp3) is 0.429. The summed E-state index contributed by atoms with van der Waals surface area (Å²) >= 11 is 1.92. The number of hydrogen-bond acceptors (Lipinski definition) is 1. The Balaban J connectivity index is 2.19. The molecule has 0 saturated carbocycles. The van der Waals surface area contributed by atoms with Crippen LogP contribution in [0.15, 0.2) is 24.1 Å². The van der Waals surface area contributed by atoms with Crippen LogP contribution >= 0.6 is 11.8 Å². The van der Waals surface area contributed by atoms with Crippen LogP contribution in [0, 0.1) is 0 Å². The van der Waals surface area contributed by atoms with Gasteiger partial charge >= 0.3 is 0 Å². The molecule has 1 aliphatic rings. The molecule has 44 valence electrons. The molecule has 0 bridgehead atoms. The molecule has 0 fully saturated rings. The van der Waals surface area contributed by atoms with E-state index in [1.165, 1.54) is 6.42 Å². The molecule has 0 N–H and O–H groups in total. The number of thioether (sulfide) groups is 1. The van der Waals surface area contributed by atoms with E-state index in [4.69, 9.17) is 0 Å². The smallest absolute Gasteiger partial charge is 0.0157 e. The van der Waals surface area contributed by atoms with E-state index in [1.54, 1.807) is 0 Å². The molecule has 0 spiro atoms. The Morgan fingerprint density at radius 3 is 3.25 bits per heavy atom. The lowest BCUT2D eigenvalue weighted by molar-refractivity contribution is 0.908. The minimum absolute atomic E-state index is 0.799. The van der Waals surface area contributed by atoms with Crippen LogP contribution in [0.3, 0.4) is 0 Å². The Labute approximate surface area is 54.7 Å². The van der Waals surface area contributed by atoms with Crippen molar-refractivity contribution in [2.75, 3.05) is 0 Å². The fourth-order valence-electron chi connectivity index (χ4n) is 0.767. The van der Waals surface area contributed by atoms with Crippen molar-refractivity contribution in [3.8, 4) is 0 Å². The van der Waals surface area contributed by atoms with Gasteiger partial charge < -0.3 is 0 Å². The highest BCUT2D eigenvalue weighted by atomic mass is 32.2. The highest BCUT2D eigenvalue weighted by Crippen LogP contribution is 2.26. The van der Waals surface area contributed by atoms with Gasteiger partial charge in [0, 0.05) is 5.25 Å². The van der Waals surface area contributed by atoms with Crippen molar-refractivity contribution in [1.29, 1.82) is 0 Å². The maximum absolute atomic E-state index is 3.68. The van der Waals surface area contributed by atoms with Gasteiger partial charge in [-0.15, -0.1) is 18.3 Å². The van der Waals surface area contributed by atoms with Gasteiger partial charge in [0.1, 0.15) is 0 Å². The first-order valence-corrected chi connectivity index (χ1v) is 3.79. The van der Waals surface area contributed by atoms with Crippen molar-refractivity contribution >= 4 is 11.8 Å². The van der Waals surface area contributed by atoms with Crippen LogP contribution in [0.1, 0.15) is 12.8 Å². The molecule has 1 atom stereocenters. The molecular weight excluding hydrogens is 116 g/mol. The molecule has 0 nitrogen and oxygen atoms in total. The second-order valence-electron chi connectivity index (χ2n) is 1.89. The van der Waals surface area contributed by atoms with Crippen molar-refractivity contribution in [2.24, 2.45) is 0 Å². The van der Waals surface area contributed by atoms with Crippen LogP contribution in [0.2, 0.25) is 0 Å². The Morgan fingerprint density at radius 1 is 1.88 bits per heavy atom. The van der Waals surface area contributed by atoms with Crippen LogP contribution < -0.4 is 0 Å². The average molecular weight is 126 g/mol. The van der Waals surface area contributed by atoms with Gasteiger partial charge in [-0.2, -0.15) is 0 Å². The highest BCUT2D eigenvalue weighted by molar-refractivity contribution is 8.03. The normalized spacial score (nSPS) is 26.2. The minimum atomic E-state index is 0.799. The number of hydrogen-bond donors (Lipinski definition) is 0. The van der Waals surface area contributed by atoms with Crippen LogP contribution in [0.4, 0.5) is 0 Å². The van der Waals surface area contributed by atoms with E-state index < -0.39 is 0 Å². The molecule has 1 heteroatoms. The molecule has 0 aromatic carbocycles. The summed E-state index contributed by atoms with van der Waals surface area (Å²) < 4.78 is 0. The molecular formula is C7H10S. The van der Waals surface area contributed by atoms with E-state index >= 15 is 0 Å². The van der Waals surface area contributed by atoms with Crippen LogP contribution in [-0.4, -0.2) is 5.25 Å². The molecule has 0 radical (unpaired) electrons. The monoisotopic (exact) mass is 126 g/mol. The number of rotatable bonds is 2. The topological polar surface area (TPSA) is 0 Å². The third-order valence-corrected chi connectivity index (χ3v) is 2.32. The summed E-state index contributed by atoms with van der Waals surface area (Å²) in [5.41, 5.74) is 0. The van der Waals surface area contributed by atoms with Crippen LogP contribution in [0.25, 0.3) is 0 Å². The summed E-state index contributed by atoms with van der Waals surface area (Å²) in [5, 5.41) is 2.97. The van der Waals surface area contributed by atoms with Gasteiger partial charge in [-0.1, -0.05) is 12.2 Å². The molecule has 0 saturated heterocycles. The quantitative estimate of drug-likeness (QED) is 0.512.